The molecule has 3 rings (SSSR count). The van der Waals surface area contributed by atoms with E-state index in [-0.39, 0.29) is 0 Å². The van der Waals surface area contributed by atoms with Crippen molar-refractivity contribution in [3.05, 3.63) is 60.8 Å². The highest BCUT2D eigenvalue weighted by atomic mass is 15.1. The Kier molecular flexibility index (Phi) is 3.03. The maximum atomic E-state index is 4.02. The van der Waals surface area contributed by atoms with Crippen LogP contribution in [0.4, 0.5) is 0 Å². The number of H-pyrrole nitrogens is 1. The van der Waals surface area contributed by atoms with Gasteiger partial charge in [-0.3, -0.25) is 4.90 Å². The zero-order valence-electron chi connectivity index (χ0n) is 10.5. The standard InChI is InChI=1S/C16H18N2/c1-2-16(18-10-6-3-7-11-18)14-12-17-15-9-5-4-8-13(14)15/h2-6,8-9,12,16-17H,1,7,10-11H2. The lowest BCUT2D eigenvalue weighted by Crippen LogP contribution is -2.30. The fraction of sp³-hybridized carbons (Fsp3) is 0.250. The van der Waals surface area contributed by atoms with Crippen molar-refractivity contribution in [2.24, 2.45) is 0 Å². The zero-order valence-corrected chi connectivity index (χ0v) is 10.5. The van der Waals surface area contributed by atoms with E-state index >= 15 is 0 Å². The molecule has 0 saturated heterocycles. The van der Waals surface area contributed by atoms with Crippen LogP contribution in [0.3, 0.4) is 0 Å². The second-order valence-corrected chi connectivity index (χ2v) is 4.73. The second kappa shape index (κ2) is 4.83. The topological polar surface area (TPSA) is 19.0 Å². The molecule has 0 bridgehead atoms. The van der Waals surface area contributed by atoms with Crippen LogP contribution in [0.1, 0.15) is 18.0 Å². The molecule has 1 aliphatic heterocycles. The molecule has 2 heteroatoms. The van der Waals surface area contributed by atoms with Crippen molar-refractivity contribution in [1.82, 2.24) is 9.88 Å². The second-order valence-electron chi connectivity index (χ2n) is 4.73. The summed E-state index contributed by atoms with van der Waals surface area (Å²) in [7, 11) is 0. The van der Waals surface area contributed by atoms with E-state index in [0.717, 1.165) is 19.5 Å². The summed E-state index contributed by atoms with van der Waals surface area (Å²) in [5, 5.41) is 1.30. The number of benzene rings is 1. The molecule has 1 atom stereocenters. The number of rotatable bonds is 3. The minimum atomic E-state index is 0.297. The van der Waals surface area contributed by atoms with Crippen LogP contribution in [0, 0.1) is 0 Å². The lowest BCUT2D eigenvalue weighted by atomic mass is 10.0. The molecule has 18 heavy (non-hydrogen) atoms. The molecule has 0 saturated carbocycles. The van der Waals surface area contributed by atoms with E-state index in [2.05, 4.69) is 65.2 Å². The summed E-state index contributed by atoms with van der Waals surface area (Å²) in [6.45, 7) is 6.13. The Balaban J connectivity index is 2.00. The largest absolute Gasteiger partial charge is 0.361 e. The molecule has 0 radical (unpaired) electrons. The third-order valence-corrected chi connectivity index (χ3v) is 3.65. The molecule has 1 N–H and O–H groups in total. The molecule has 1 unspecified atom stereocenters. The first-order chi connectivity index (χ1) is 8.90. The van der Waals surface area contributed by atoms with E-state index in [9.17, 15) is 0 Å². The lowest BCUT2D eigenvalue weighted by molar-refractivity contribution is 0.254. The van der Waals surface area contributed by atoms with Gasteiger partial charge in [0.05, 0.1) is 6.04 Å². The molecule has 1 aromatic carbocycles. The van der Waals surface area contributed by atoms with Gasteiger partial charge in [0, 0.05) is 30.2 Å². The molecule has 0 spiro atoms. The van der Waals surface area contributed by atoms with Crippen molar-refractivity contribution >= 4 is 10.9 Å². The van der Waals surface area contributed by atoms with Gasteiger partial charge in [0.25, 0.3) is 0 Å². The van der Waals surface area contributed by atoms with Crippen LogP contribution >= 0.6 is 0 Å². The third-order valence-electron chi connectivity index (χ3n) is 3.65. The van der Waals surface area contributed by atoms with E-state index in [0.29, 0.717) is 6.04 Å². The Labute approximate surface area is 108 Å². The normalized spacial score (nSPS) is 18.0. The predicted molar refractivity (Wildman–Crippen MR) is 76.6 cm³/mol. The van der Waals surface area contributed by atoms with Gasteiger partial charge in [0.1, 0.15) is 0 Å². The summed E-state index contributed by atoms with van der Waals surface area (Å²) in [4.78, 5) is 5.81. The van der Waals surface area contributed by atoms with Crippen molar-refractivity contribution in [3.63, 3.8) is 0 Å². The molecular weight excluding hydrogens is 220 g/mol. The molecule has 1 aromatic heterocycles. The minimum Gasteiger partial charge on any atom is -0.361 e. The molecular formula is C16H18N2. The Morgan fingerprint density at radius 3 is 2.94 bits per heavy atom. The fourth-order valence-electron chi connectivity index (χ4n) is 2.72. The van der Waals surface area contributed by atoms with Crippen molar-refractivity contribution < 1.29 is 0 Å². The SMILES string of the molecule is C=CC(c1c[nH]c2ccccc12)N1CC=CCC1. The number of fused-ring (bicyclic) bond motifs is 1. The Bertz CT molecular complexity index is 580. The van der Waals surface area contributed by atoms with Gasteiger partial charge >= 0.3 is 0 Å². The highest BCUT2D eigenvalue weighted by molar-refractivity contribution is 5.83. The number of aromatic amines is 1. The average Bonchev–Trinajstić information content (AvgIpc) is 2.85. The van der Waals surface area contributed by atoms with E-state index in [1.54, 1.807) is 0 Å². The fourth-order valence-corrected chi connectivity index (χ4v) is 2.72. The molecule has 2 nitrogen and oxygen atoms in total. The number of para-hydroxylation sites is 1. The van der Waals surface area contributed by atoms with E-state index in [1.165, 1.54) is 16.5 Å². The molecule has 0 aliphatic carbocycles. The first-order valence-electron chi connectivity index (χ1n) is 6.48. The first kappa shape index (κ1) is 11.3. The first-order valence-corrected chi connectivity index (χ1v) is 6.48. The number of aromatic nitrogens is 1. The Morgan fingerprint density at radius 1 is 1.28 bits per heavy atom. The summed E-state index contributed by atoms with van der Waals surface area (Å²) < 4.78 is 0. The molecule has 2 aromatic rings. The quantitative estimate of drug-likeness (QED) is 0.809. The highest BCUT2D eigenvalue weighted by Crippen LogP contribution is 2.29. The number of nitrogens with zero attached hydrogens (tertiary/aromatic N) is 1. The molecule has 1 aliphatic rings. The van der Waals surface area contributed by atoms with Crippen LogP contribution in [0.25, 0.3) is 10.9 Å². The average molecular weight is 238 g/mol. The van der Waals surface area contributed by atoms with Crippen LogP contribution in [0.5, 0.6) is 0 Å². The predicted octanol–water partition coefficient (Wildman–Crippen LogP) is 3.66. The third kappa shape index (κ3) is 1.89. The number of hydrogen-bond donors (Lipinski definition) is 1. The van der Waals surface area contributed by atoms with E-state index in [1.807, 2.05) is 0 Å². The maximum Gasteiger partial charge on any atom is 0.0553 e. The van der Waals surface area contributed by atoms with Crippen LogP contribution in [-0.2, 0) is 0 Å². The Morgan fingerprint density at radius 2 is 2.17 bits per heavy atom. The van der Waals surface area contributed by atoms with Crippen molar-refractivity contribution in [2.75, 3.05) is 13.1 Å². The number of hydrogen-bond acceptors (Lipinski definition) is 1. The summed E-state index contributed by atoms with van der Waals surface area (Å²) >= 11 is 0. The van der Waals surface area contributed by atoms with Crippen molar-refractivity contribution in [1.29, 1.82) is 0 Å². The van der Waals surface area contributed by atoms with Crippen LogP contribution in [0.15, 0.2) is 55.3 Å². The maximum absolute atomic E-state index is 4.02. The molecule has 92 valence electrons. The summed E-state index contributed by atoms with van der Waals surface area (Å²) in [6.07, 6.45) is 9.80. The van der Waals surface area contributed by atoms with Gasteiger partial charge in [-0.05, 0) is 18.1 Å². The van der Waals surface area contributed by atoms with Gasteiger partial charge in [-0.25, -0.2) is 0 Å². The van der Waals surface area contributed by atoms with Gasteiger partial charge in [0.2, 0.25) is 0 Å². The van der Waals surface area contributed by atoms with Crippen molar-refractivity contribution in [2.45, 2.75) is 12.5 Å². The zero-order chi connectivity index (χ0) is 12.4. The smallest absolute Gasteiger partial charge is 0.0553 e. The molecule has 0 amide bonds. The van der Waals surface area contributed by atoms with E-state index < -0.39 is 0 Å². The molecule has 0 fully saturated rings. The van der Waals surface area contributed by atoms with Gasteiger partial charge in [-0.15, -0.1) is 6.58 Å². The molecule has 2 heterocycles. The van der Waals surface area contributed by atoms with Crippen molar-refractivity contribution in [3.8, 4) is 0 Å². The van der Waals surface area contributed by atoms with Crippen LogP contribution < -0.4 is 0 Å². The summed E-state index contributed by atoms with van der Waals surface area (Å²) in [5.74, 6) is 0. The summed E-state index contributed by atoms with van der Waals surface area (Å²) in [6, 6.07) is 8.75. The van der Waals surface area contributed by atoms with Gasteiger partial charge in [-0.1, -0.05) is 36.4 Å². The minimum absolute atomic E-state index is 0.297. The van der Waals surface area contributed by atoms with Gasteiger partial charge in [0.15, 0.2) is 0 Å². The Hall–Kier alpha value is -1.80. The van der Waals surface area contributed by atoms with Gasteiger partial charge < -0.3 is 4.98 Å². The number of nitrogens with one attached hydrogen (secondary N) is 1. The van der Waals surface area contributed by atoms with Crippen LogP contribution in [0.2, 0.25) is 0 Å². The summed E-state index contributed by atoms with van der Waals surface area (Å²) in [5.41, 5.74) is 2.53. The van der Waals surface area contributed by atoms with Gasteiger partial charge in [-0.2, -0.15) is 0 Å². The highest BCUT2D eigenvalue weighted by Gasteiger charge is 2.20. The lowest BCUT2D eigenvalue weighted by Gasteiger charge is -2.30. The van der Waals surface area contributed by atoms with E-state index in [4.69, 9.17) is 0 Å². The van der Waals surface area contributed by atoms with Crippen LogP contribution in [-0.4, -0.2) is 23.0 Å². The monoisotopic (exact) mass is 238 g/mol.